The molecule has 15 nitrogen and oxygen atoms in total. The molecule has 0 bridgehead atoms. The van der Waals surface area contributed by atoms with E-state index in [-0.39, 0.29) is 25.0 Å². The van der Waals surface area contributed by atoms with Gasteiger partial charge in [0.15, 0.2) is 0 Å². The highest BCUT2D eigenvalue weighted by atomic mass is 35.5. The molecule has 5 fully saturated rings. The minimum Gasteiger partial charge on any atom is -0.491 e. The normalized spacial score (nSPS) is 28.4. The van der Waals surface area contributed by atoms with E-state index in [1.165, 1.54) is 11.3 Å². The van der Waals surface area contributed by atoms with Crippen LogP contribution in [-0.2, 0) is 35.0 Å². The first-order chi connectivity index (χ1) is 27.7. The van der Waals surface area contributed by atoms with Crippen LogP contribution in [0.4, 0.5) is 4.79 Å². The fourth-order valence-electron chi connectivity index (χ4n) is 8.93. The van der Waals surface area contributed by atoms with Gasteiger partial charge in [-0.3, -0.25) is 19.5 Å². The van der Waals surface area contributed by atoms with Gasteiger partial charge in [-0.1, -0.05) is 45.7 Å². The number of alkyl carbamates (subject to hydrolysis) is 1. The summed E-state index contributed by atoms with van der Waals surface area (Å²) in [6.45, 7) is 12.0. The summed E-state index contributed by atoms with van der Waals surface area (Å²) in [5, 5.41) is 16.7. The van der Waals surface area contributed by atoms with Crippen molar-refractivity contribution >= 4 is 46.4 Å². The number of carbonyl (C=O) groups excluding carboxylic acids is 3. The van der Waals surface area contributed by atoms with Crippen molar-refractivity contribution in [2.75, 3.05) is 59.7 Å². The van der Waals surface area contributed by atoms with E-state index in [0.717, 1.165) is 32.5 Å². The molecule has 8 atom stereocenters. The first kappa shape index (κ1) is 42.2. The van der Waals surface area contributed by atoms with Crippen molar-refractivity contribution in [2.24, 2.45) is 23.2 Å². The van der Waals surface area contributed by atoms with Gasteiger partial charge in [-0.15, -0.1) is 0 Å². The summed E-state index contributed by atoms with van der Waals surface area (Å²) in [6.07, 6.45) is 2.71. The summed E-state index contributed by atoms with van der Waals surface area (Å²) in [5.41, 5.74) is -1.03. The van der Waals surface area contributed by atoms with Gasteiger partial charge in [0.2, 0.25) is 11.8 Å². The lowest BCUT2D eigenvalue weighted by atomic mass is 9.85. The van der Waals surface area contributed by atoms with Gasteiger partial charge in [-0.2, -0.15) is 0 Å². The molecule has 3 saturated carbocycles. The van der Waals surface area contributed by atoms with Crippen molar-refractivity contribution in [3.05, 3.63) is 28.9 Å². The number of morpholine rings is 1. The molecule has 2 aromatic rings. The summed E-state index contributed by atoms with van der Waals surface area (Å²) in [5.74, 6) is -0.241. The van der Waals surface area contributed by atoms with Gasteiger partial charge in [0.1, 0.15) is 53.0 Å². The molecule has 3 unspecified atom stereocenters. The van der Waals surface area contributed by atoms with Crippen LogP contribution in [0, 0.1) is 23.2 Å². The molecule has 3 amide bonds. The largest absolute Gasteiger partial charge is 0.491 e. The molecule has 3 heterocycles. The molecule has 1 aromatic heterocycles. The number of hydrogen-bond donors (Lipinski definition) is 3. The second-order valence-corrected chi connectivity index (χ2v) is 18.1. The van der Waals surface area contributed by atoms with Crippen LogP contribution in [0.2, 0.25) is 5.02 Å². The Labute approximate surface area is 344 Å². The molecule has 5 aliphatic rings. The molecule has 3 N–H and O–H groups in total. The summed E-state index contributed by atoms with van der Waals surface area (Å²) in [7, 11) is 1.61. The number of aliphatic carboxylic acids is 1. The number of halogens is 1. The lowest BCUT2D eigenvalue weighted by molar-refractivity contribution is -0.146. The SMILES string of the molecule is CC[C@@H]1C[C@]1(NC(=O)[C@@H]1CC(Oc2cc(CCOC)nc3c(Cl)c(OCCN4CCOCC4)ccc23)CN1C(=O)[C@@H](NC(=O)OC1CC2C[C@@H]2C1)C(C)(C)C)C(=O)O. The van der Waals surface area contributed by atoms with Crippen LogP contribution in [0.3, 0.4) is 0 Å². The van der Waals surface area contributed by atoms with Crippen molar-refractivity contribution in [1.82, 2.24) is 25.4 Å². The zero-order valence-electron chi connectivity index (χ0n) is 34.2. The van der Waals surface area contributed by atoms with Crippen molar-refractivity contribution in [3.8, 4) is 11.5 Å². The number of fused-ring (bicyclic) bond motifs is 2. The first-order valence-corrected chi connectivity index (χ1v) is 21.1. The number of pyridine rings is 1. The maximum absolute atomic E-state index is 14.7. The number of carboxylic acid groups (broad SMARTS) is 1. The number of carboxylic acids is 1. The average molecular weight is 828 g/mol. The van der Waals surface area contributed by atoms with Crippen LogP contribution in [-0.4, -0.2) is 133 Å². The van der Waals surface area contributed by atoms with E-state index in [9.17, 15) is 24.3 Å². The van der Waals surface area contributed by atoms with Crippen molar-refractivity contribution < 1.29 is 48.0 Å². The number of amides is 3. The highest BCUT2D eigenvalue weighted by Gasteiger charge is 2.61. The van der Waals surface area contributed by atoms with Gasteiger partial charge in [-0.05, 0) is 61.0 Å². The predicted molar refractivity (Wildman–Crippen MR) is 214 cm³/mol. The molecule has 16 heteroatoms. The van der Waals surface area contributed by atoms with E-state index < -0.39 is 53.0 Å². The third kappa shape index (κ3) is 9.27. The molecule has 2 aliphatic heterocycles. The van der Waals surface area contributed by atoms with Crippen LogP contribution < -0.4 is 20.1 Å². The van der Waals surface area contributed by atoms with Gasteiger partial charge in [0.25, 0.3) is 0 Å². The molecular formula is C42H58ClN5O10. The van der Waals surface area contributed by atoms with Gasteiger partial charge in [0, 0.05) is 56.7 Å². The zero-order chi connectivity index (χ0) is 41.4. The van der Waals surface area contributed by atoms with E-state index in [1.54, 1.807) is 13.2 Å². The Balaban J connectivity index is 1.14. The number of hydrogen-bond acceptors (Lipinski definition) is 11. The molecule has 1 aromatic carbocycles. The third-order valence-corrected chi connectivity index (χ3v) is 12.9. The Morgan fingerprint density at radius 3 is 2.45 bits per heavy atom. The van der Waals surface area contributed by atoms with E-state index in [4.69, 9.17) is 40.3 Å². The summed E-state index contributed by atoms with van der Waals surface area (Å²) < 4.78 is 29.4. The second-order valence-electron chi connectivity index (χ2n) is 17.7. The minimum absolute atomic E-state index is 0.00280. The number of methoxy groups -OCH3 is 1. The number of ether oxygens (including phenoxy) is 5. The molecule has 2 saturated heterocycles. The minimum atomic E-state index is -1.40. The molecule has 0 radical (unpaired) electrons. The zero-order valence-corrected chi connectivity index (χ0v) is 35.0. The van der Waals surface area contributed by atoms with Crippen LogP contribution >= 0.6 is 11.6 Å². The maximum atomic E-state index is 14.7. The predicted octanol–water partition coefficient (Wildman–Crippen LogP) is 4.45. The summed E-state index contributed by atoms with van der Waals surface area (Å²) >= 11 is 6.98. The molecule has 318 valence electrons. The topological polar surface area (TPSA) is 178 Å². The van der Waals surface area contributed by atoms with Crippen molar-refractivity contribution in [3.63, 3.8) is 0 Å². The van der Waals surface area contributed by atoms with Crippen LogP contribution in [0.1, 0.15) is 71.9 Å². The van der Waals surface area contributed by atoms with E-state index >= 15 is 0 Å². The average Bonchev–Trinajstić information content (AvgIpc) is 4.00. The molecule has 58 heavy (non-hydrogen) atoms. The Kier molecular flexibility index (Phi) is 12.6. The quantitative estimate of drug-likeness (QED) is 0.217. The highest BCUT2D eigenvalue weighted by molar-refractivity contribution is 6.36. The number of carbonyl (C=O) groups is 4. The second kappa shape index (κ2) is 17.4. The lowest BCUT2D eigenvalue weighted by Gasteiger charge is -2.35. The van der Waals surface area contributed by atoms with Crippen molar-refractivity contribution in [2.45, 2.75) is 102 Å². The number of nitrogens with one attached hydrogen (secondary N) is 2. The van der Waals surface area contributed by atoms with Crippen molar-refractivity contribution in [1.29, 1.82) is 0 Å². The Morgan fingerprint density at radius 2 is 1.79 bits per heavy atom. The van der Waals surface area contributed by atoms with Crippen LogP contribution in [0.5, 0.6) is 11.5 Å². The van der Waals surface area contributed by atoms with Gasteiger partial charge < -0.3 is 44.3 Å². The molecular weight excluding hydrogens is 770 g/mol. The van der Waals surface area contributed by atoms with E-state index in [2.05, 4.69) is 15.5 Å². The van der Waals surface area contributed by atoms with E-state index in [0.29, 0.717) is 90.6 Å². The smallest absolute Gasteiger partial charge is 0.408 e. The Morgan fingerprint density at radius 1 is 1.05 bits per heavy atom. The first-order valence-electron chi connectivity index (χ1n) is 20.7. The molecule has 3 aliphatic carbocycles. The van der Waals surface area contributed by atoms with Gasteiger partial charge in [0.05, 0.1) is 31.9 Å². The number of aromatic nitrogens is 1. The number of nitrogens with zero attached hydrogens (tertiary/aromatic N) is 3. The standard InChI is InChI=1S/C42H58ClN5O10/c1-6-26-22-42(26,39(51)52)46-37(49)31-21-29(23-48(31)38(50)36(41(2,3)4)45-40(53)58-28-18-24-17-25(24)19-28)57-33-20-27(9-13-54-5)44-35-30(33)7-8-32(34(35)43)56-16-12-47-10-14-55-15-11-47/h7-8,20,24-26,28-29,31,36H,6,9-19,21-23H2,1-5H3,(H,45,53)(H,46,49)(H,51,52)/t24-,25?,26-,28?,29?,31+,36-,42-/m1/s1. The fourth-order valence-corrected chi connectivity index (χ4v) is 9.20. The van der Waals surface area contributed by atoms with Gasteiger partial charge >= 0.3 is 12.1 Å². The number of likely N-dealkylation sites (tertiary alicyclic amines) is 1. The third-order valence-electron chi connectivity index (χ3n) is 12.5. The Hall–Kier alpha value is -3.92. The summed E-state index contributed by atoms with van der Waals surface area (Å²) in [4.78, 5) is 63.1. The Bertz CT molecular complexity index is 1860. The fraction of sp³-hybridized carbons (Fsp3) is 0.690. The molecule has 7 rings (SSSR count). The van der Waals surface area contributed by atoms with Crippen LogP contribution in [0.25, 0.3) is 10.9 Å². The van der Waals surface area contributed by atoms with E-state index in [1.807, 2.05) is 39.8 Å². The maximum Gasteiger partial charge on any atom is 0.408 e. The monoisotopic (exact) mass is 827 g/mol. The summed E-state index contributed by atoms with van der Waals surface area (Å²) in [6, 6.07) is 3.31. The highest BCUT2D eigenvalue weighted by Crippen LogP contribution is 2.52. The number of benzene rings is 1. The lowest BCUT2D eigenvalue weighted by Crippen LogP contribution is -2.59. The number of rotatable bonds is 16. The molecule has 0 spiro atoms. The van der Waals surface area contributed by atoms with Gasteiger partial charge in [-0.25, -0.2) is 9.59 Å². The van der Waals surface area contributed by atoms with Crippen LogP contribution in [0.15, 0.2) is 18.2 Å².